The van der Waals surface area contributed by atoms with E-state index in [2.05, 4.69) is 0 Å². The maximum absolute atomic E-state index is 12.3. The van der Waals surface area contributed by atoms with Gasteiger partial charge in [0.1, 0.15) is 31.2 Å². The van der Waals surface area contributed by atoms with Gasteiger partial charge in [-0.25, -0.2) is 4.79 Å². The van der Waals surface area contributed by atoms with Crippen LogP contribution in [0.5, 0.6) is 11.5 Å². The molecule has 0 aromatic heterocycles. The van der Waals surface area contributed by atoms with E-state index in [1.807, 2.05) is 30.3 Å². The molecule has 0 aliphatic heterocycles. The van der Waals surface area contributed by atoms with Crippen molar-refractivity contribution < 1.29 is 42.9 Å². The zero-order valence-electron chi connectivity index (χ0n) is 20.7. The van der Waals surface area contributed by atoms with E-state index in [-0.39, 0.29) is 62.3 Å². The summed E-state index contributed by atoms with van der Waals surface area (Å²) in [5, 5.41) is 0. The van der Waals surface area contributed by atoms with Crippen LogP contribution in [-0.4, -0.2) is 63.7 Å². The SMILES string of the molecule is CCOC(=O)COc1cc(C=O)c(OCc2ccccc2)cc1N(CC(=O)OCC)CC(=O)OCC. The predicted octanol–water partition coefficient (Wildman–Crippen LogP) is 2.95. The van der Waals surface area contributed by atoms with Gasteiger partial charge in [0.25, 0.3) is 0 Å². The zero-order chi connectivity index (χ0) is 26.3. The van der Waals surface area contributed by atoms with Crippen molar-refractivity contribution in [1.29, 1.82) is 0 Å². The fourth-order valence-electron chi connectivity index (χ4n) is 3.17. The molecule has 0 heterocycles. The molecule has 0 radical (unpaired) electrons. The maximum atomic E-state index is 12.3. The Balaban J connectivity index is 2.48. The largest absolute Gasteiger partial charge is 0.488 e. The topological polar surface area (TPSA) is 118 Å². The summed E-state index contributed by atoms with van der Waals surface area (Å²) in [7, 11) is 0. The lowest BCUT2D eigenvalue weighted by Crippen LogP contribution is -2.36. The molecule has 0 unspecified atom stereocenters. The lowest BCUT2D eigenvalue weighted by atomic mass is 10.1. The fraction of sp³-hybridized carbons (Fsp3) is 0.385. The number of carbonyl (C=O) groups is 4. The number of esters is 3. The molecule has 0 saturated carbocycles. The minimum atomic E-state index is -0.622. The third-order valence-corrected chi connectivity index (χ3v) is 4.70. The van der Waals surface area contributed by atoms with Gasteiger partial charge in [-0.2, -0.15) is 0 Å². The lowest BCUT2D eigenvalue weighted by molar-refractivity contribution is -0.146. The van der Waals surface area contributed by atoms with Crippen LogP contribution in [0.3, 0.4) is 0 Å². The molecule has 0 aliphatic carbocycles. The van der Waals surface area contributed by atoms with E-state index < -0.39 is 24.5 Å². The number of benzene rings is 2. The first kappa shape index (κ1) is 28.2. The van der Waals surface area contributed by atoms with Crippen LogP contribution in [0, 0.1) is 0 Å². The third kappa shape index (κ3) is 8.94. The molecule has 0 amide bonds. The molecular weight excluding hydrogens is 470 g/mol. The Hall–Kier alpha value is -4.08. The van der Waals surface area contributed by atoms with Gasteiger partial charge >= 0.3 is 17.9 Å². The van der Waals surface area contributed by atoms with Crippen LogP contribution in [-0.2, 0) is 35.2 Å². The van der Waals surface area contributed by atoms with E-state index in [0.717, 1.165) is 5.56 Å². The van der Waals surface area contributed by atoms with Crippen LogP contribution >= 0.6 is 0 Å². The highest BCUT2D eigenvalue weighted by Gasteiger charge is 2.23. The summed E-state index contributed by atoms with van der Waals surface area (Å²) in [6.07, 6.45) is 0.586. The van der Waals surface area contributed by atoms with E-state index in [1.54, 1.807) is 20.8 Å². The summed E-state index contributed by atoms with van der Waals surface area (Å²) < 4.78 is 26.5. The van der Waals surface area contributed by atoms with Gasteiger partial charge in [-0.1, -0.05) is 30.3 Å². The van der Waals surface area contributed by atoms with Crippen LogP contribution < -0.4 is 14.4 Å². The van der Waals surface area contributed by atoms with Gasteiger partial charge in [-0.3, -0.25) is 14.4 Å². The second kappa shape index (κ2) is 15.0. The number of hydrogen-bond donors (Lipinski definition) is 0. The predicted molar refractivity (Wildman–Crippen MR) is 130 cm³/mol. The molecule has 0 aliphatic rings. The normalized spacial score (nSPS) is 10.2. The first-order chi connectivity index (χ1) is 17.4. The minimum Gasteiger partial charge on any atom is -0.488 e. The molecule has 0 saturated heterocycles. The van der Waals surface area contributed by atoms with Gasteiger partial charge in [-0.05, 0) is 32.4 Å². The number of ether oxygens (including phenoxy) is 5. The van der Waals surface area contributed by atoms with Crippen LogP contribution in [0.25, 0.3) is 0 Å². The van der Waals surface area contributed by atoms with E-state index in [9.17, 15) is 19.2 Å². The molecule has 0 N–H and O–H groups in total. The van der Waals surface area contributed by atoms with Crippen molar-refractivity contribution >= 4 is 29.9 Å². The van der Waals surface area contributed by atoms with Crippen molar-refractivity contribution in [3.63, 3.8) is 0 Å². The molecule has 0 atom stereocenters. The summed E-state index contributed by atoms with van der Waals surface area (Å²) in [5.74, 6) is -1.53. The van der Waals surface area contributed by atoms with Crippen LogP contribution in [0.15, 0.2) is 42.5 Å². The molecule has 2 aromatic carbocycles. The average Bonchev–Trinajstić information content (AvgIpc) is 2.86. The minimum absolute atomic E-state index is 0.0748. The quantitative estimate of drug-likeness (QED) is 0.205. The van der Waals surface area contributed by atoms with Gasteiger partial charge < -0.3 is 28.6 Å². The highest BCUT2D eigenvalue weighted by molar-refractivity contribution is 5.87. The van der Waals surface area contributed by atoms with Crippen molar-refractivity contribution in [3.8, 4) is 11.5 Å². The molecule has 10 heteroatoms. The summed E-state index contributed by atoms with van der Waals surface area (Å²) in [6.45, 7) is 4.52. The van der Waals surface area contributed by atoms with E-state index in [0.29, 0.717) is 6.29 Å². The van der Waals surface area contributed by atoms with E-state index in [4.69, 9.17) is 23.7 Å². The van der Waals surface area contributed by atoms with Crippen LogP contribution in [0.1, 0.15) is 36.7 Å². The second-order valence-electron chi connectivity index (χ2n) is 7.31. The molecule has 10 nitrogen and oxygen atoms in total. The van der Waals surface area contributed by atoms with Gasteiger partial charge in [0, 0.05) is 6.07 Å². The molecule has 2 aromatic rings. The van der Waals surface area contributed by atoms with Gasteiger partial charge in [0.15, 0.2) is 12.9 Å². The van der Waals surface area contributed by atoms with E-state index >= 15 is 0 Å². The zero-order valence-corrected chi connectivity index (χ0v) is 20.7. The highest BCUT2D eigenvalue weighted by atomic mass is 16.6. The van der Waals surface area contributed by atoms with Crippen LogP contribution in [0.2, 0.25) is 0 Å². The first-order valence-electron chi connectivity index (χ1n) is 11.6. The molecule has 0 spiro atoms. The van der Waals surface area contributed by atoms with Crippen molar-refractivity contribution in [2.45, 2.75) is 27.4 Å². The second-order valence-corrected chi connectivity index (χ2v) is 7.31. The number of hydrogen-bond acceptors (Lipinski definition) is 10. The lowest BCUT2D eigenvalue weighted by Gasteiger charge is -2.26. The molecule has 36 heavy (non-hydrogen) atoms. The summed E-state index contributed by atoms with van der Waals surface area (Å²) in [5.41, 5.74) is 1.25. The Bertz CT molecular complexity index is 1000. The van der Waals surface area contributed by atoms with E-state index in [1.165, 1.54) is 17.0 Å². The summed E-state index contributed by atoms with van der Waals surface area (Å²) in [6, 6.07) is 12.2. The Morgan fingerprint density at radius 1 is 0.778 bits per heavy atom. The Labute approximate surface area is 210 Å². The number of nitrogens with zero attached hydrogens (tertiary/aromatic N) is 1. The van der Waals surface area contributed by atoms with Gasteiger partial charge in [0.05, 0.1) is 31.1 Å². The monoisotopic (exact) mass is 501 g/mol. The van der Waals surface area contributed by atoms with Crippen LogP contribution in [0.4, 0.5) is 5.69 Å². The highest BCUT2D eigenvalue weighted by Crippen LogP contribution is 2.36. The Morgan fingerprint density at radius 2 is 1.36 bits per heavy atom. The molecule has 2 rings (SSSR count). The molecule has 0 bridgehead atoms. The fourth-order valence-corrected chi connectivity index (χ4v) is 3.17. The van der Waals surface area contributed by atoms with Crippen molar-refractivity contribution in [2.75, 3.05) is 44.4 Å². The van der Waals surface area contributed by atoms with Crippen molar-refractivity contribution in [2.24, 2.45) is 0 Å². The number of aldehydes is 1. The van der Waals surface area contributed by atoms with Gasteiger partial charge in [0.2, 0.25) is 0 Å². The standard InChI is InChI=1S/C26H31NO9/c1-4-32-24(29)14-27(15-25(30)33-5-2)21-13-22(35-17-19-10-8-7-9-11-19)20(16-28)12-23(21)36-18-26(31)34-6-3/h7-13,16H,4-6,14-15,17-18H2,1-3H3. The Kier molecular flexibility index (Phi) is 11.8. The summed E-state index contributed by atoms with van der Waals surface area (Å²) in [4.78, 5) is 49.8. The summed E-state index contributed by atoms with van der Waals surface area (Å²) >= 11 is 0. The van der Waals surface area contributed by atoms with Gasteiger partial charge in [-0.15, -0.1) is 0 Å². The average molecular weight is 502 g/mol. The smallest absolute Gasteiger partial charge is 0.344 e. The number of anilines is 1. The number of carbonyl (C=O) groups excluding carboxylic acids is 4. The number of rotatable bonds is 15. The molecular formula is C26H31NO9. The maximum Gasteiger partial charge on any atom is 0.344 e. The first-order valence-corrected chi connectivity index (χ1v) is 11.6. The van der Waals surface area contributed by atoms with Crippen molar-refractivity contribution in [3.05, 3.63) is 53.6 Å². The third-order valence-electron chi connectivity index (χ3n) is 4.70. The Morgan fingerprint density at radius 3 is 1.92 bits per heavy atom. The van der Waals surface area contributed by atoms with Crippen molar-refractivity contribution in [1.82, 2.24) is 0 Å². The molecule has 194 valence electrons. The molecule has 0 fully saturated rings.